The van der Waals surface area contributed by atoms with Crippen LogP contribution < -0.4 is 0 Å². The van der Waals surface area contributed by atoms with Crippen molar-refractivity contribution in [2.45, 2.75) is 51.2 Å². The first-order valence-corrected chi connectivity index (χ1v) is 10.9. The third kappa shape index (κ3) is 4.60. The van der Waals surface area contributed by atoms with Crippen molar-refractivity contribution < 1.29 is 9.59 Å². The van der Waals surface area contributed by atoms with Gasteiger partial charge in [-0.15, -0.1) is 0 Å². The van der Waals surface area contributed by atoms with E-state index >= 15 is 0 Å². The predicted molar refractivity (Wildman–Crippen MR) is 119 cm³/mol. The summed E-state index contributed by atoms with van der Waals surface area (Å²) in [6.45, 7) is 0.538. The highest BCUT2D eigenvalue weighted by molar-refractivity contribution is 5.93. The van der Waals surface area contributed by atoms with E-state index in [2.05, 4.69) is 4.98 Å². The maximum absolute atomic E-state index is 13.1. The molecular formula is C24H29N5O2. The lowest BCUT2D eigenvalue weighted by Crippen LogP contribution is -2.40. The first kappa shape index (κ1) is 21.0. The van der Waals surface area contributed by atoms with Gasteiger partial charge in [-0.05, 0) is 37.1 Å². The van der Waals surface area contributed by atoms with Crippen molar-refractivity contribution in [2.75, 3.05) is 14.1 Å². The Kier molecular flexibility index (Phi) is 6.30. The predicted octanol–water partition coefficient (Wildman–Crippen LogP) is 3.49. The molecule has 2 amide bonds. The highest BCUT2D eigenvalue weighted by Gasteiger charge is 2.24. The van der Waals surface area contributed by atoms with Gasteiger partial charge in [-0.25, -0.2) is 4.98 Å². The van der Waals surface area contributed by atoms with Crippen LogP contribution in [0.4, 0.5) is 0 Å². The Morgan fingerprint density at radius 3 is 2.48 bits per heavy atom. The molecule has 1 aliphatic carbocycles. The minimum atomic E-state index is -0.105. The van der Waals surface area contributed by atoms with E-state index < -0.39 is 0 Å². The zero-order valence-corrected chi connectivity index (χ0v) is 18.2. The zero-order chi connectivity index (χ0) is 21.8. The van der Waals surface area contributed by atoms with Crippen LogP contribution in [-0.2, 0) is 17.9 Å². The van der Waals surface area contributed by atoms with Crippen LogP contribution in [0.5, 0.6) is 0 Å². The molecule has 162 valence electrons. The number of pyridine rings is 1. The van der Waals surface area contributed by atoms with Gasteiger partial charge in [0, 0.05) is 38.1 Å². The maximum Gasteiger partial charge on any atom is 0.254 e. The number of amides is 2. The molecule has 4 rings (SSSR count). The molecule has 1 aliphatic rings. The molecule has 0 N–H and O–H groups in total. The summed E-state index contributed by atoms with van der Waals surface area (Å²) in [6.07, 6.45) is 8.98. The van der Waals surface area contributed by atoms with E-state index in [1.165, 1.54) is 19.3 Å². The molecule has 0 radical (unpaired) electrons. The van der Waals surface area contributed by atoms with Crippen LogP contribution in [-0.4, -0.2) is 56.3 Å². The van der Waals surface area contributed by atoms with Crippen molar-refractivity contribution in [3.63, 3.8) is 0 Å². The second-order valence-corrected chi connectivity index (χ2v) is 8.30. The van der Waals surface area contributed by atoms with Gasteiger partial charge in [0.15, 0.2) is 0 Å². The van der Waals surface area contributed by atoms with Gasteiger partial charge in [-0.3, -0.25) is 14.6 Å². The lowest BCUT2D eigenvalue weighted by molar-refractivity contribution is -0.133. The topological polar surface area (TPSA) is 71.3 Å². The van der Waals surface area contributed by atoms with Crippen LogP contribution >= 0.6 is 0 Å². The number of nitrogens with zero attached hydrogens (tertiary/aromatic N) is 5. The summed E-state index contributed by atoms with van der Waals surface area (Å²) < 4.78 is 1.95. The van der Waals surface area contributed by atoms with E-state index in [1.54, 1.807) is 36.5 Å². The maximum atomic E-state index is 13.1. The molecule has 0 atom stereocenters. The Bertz CT molecular complexity index is 1060. The van der Waals surface area contributed by atoms with Crippen LogP contribution in [0.15, 0.2) is 48.8 Å². The van der Waals surface area contributed by atoms with E-state index in [4.69, 9.17) is 4.98 Å². The van der Waals surface area contributed by atoms with Crippen molar-refractivity contribution in [3.05, 3.63) is 60.2 Å². The van der Waals surface area contributed by atoms with Gasteiger partial charge < -0.3 is 14.4 Å². The number of rotatable bonds is 6. The third-order valence-corrected chi connectivity index (χ3v) is 6.20. The van der Waals surface area contributed by atoms with Crippen LogP contribution in [0.2, 0.25) is 0 Å². The molecule has 31 heavy (non-hydrogen) atoms. The van der Waals surface area contributed by atoms with E-state index in [0.29, 0.717) is 24.0 Å². The van der Waals surface area contributed by atoms with Crippen molar-refractivity contribution in [3.8, 4) is 0 Å². The monoisotopic (exact) mass is 419 g/mol. The standard InChI is InChI=1S/C24H29N5O2/c1-27(24(31)18-12-14-25-15-13-18)16-22-26-20-10-6-7-11-21(20)29(22)17-23(30)28(2)19-8-4-3-5-9-19/h6-7,10-15,19H,3-5,8-9,16-17H2,1-2H3. The molecule has 0 aliphatic heterocycles. The van der Waals surface area contributed by atoms with Gasteiger partial charge in [0.2, 0.25) is 5.91 Å². The summed E-state index contributed by atoms with van der Waals surface area (Å²) in [5.41, 5.74) is 2.32. The first-order valence-electron chi connectivity index (χ1n) is 10.9. The quantitative estimate of drug-likeness (QED) is 0.613. The molecule has 2 aromatic heterocycles. The number of para-hydroxylation sites is 2. The number of carbonyl (C=O) groups is 2. The molecule has 7 nitrogen and oxygen atoms in total. The van der Waals surface area contributed by atoms with Gasteiger partial charge in [-0.1, -0.05) is 31.4 Å². The van der Waals surface area contributed by atoms with Crippen molar-refractivity contribution in [2.24, 2.45) is 0 Å². The molecule has 0 saturated heterocycles. The molecular weight excluding hydrogens is 390 g/mol. The van der Waals surface area contributed by atoms with E-state index in [0.717, 1.165) is 23.9 Å². The summed E-state index contributed by atoms with van der Waals surface area (Å²) in [4.78, 5) is 38.2. The van der Waals surface area contributed by atoms with Crippen LogP contribution in [0, 0.1) is 0 Å². The SMILES string of the molecule is CN(Cc1nc2ccccc2n1CC(=O)N(C)C1CCCCC1)C(=O)c1ccncc1. The number of carbonyl (C=O) groups excluding carboxylic acids is 2. The number of hydrogen-bond acceptors (Lipinski definition) is 4. The lowest BCUT2D eigenvalue weighted by Gasteiger charge is -2.31. The van der Waals surface area contributed by atoms with Crippen LogP contribution in [0.3, 0.4) is 0 Å². The van der Waals surface area contributed by atoms with Crippen molar-refractivity contribution in [1.82, 2.24) is 24.3 Å². The van der Waals surface area contributed by atoms with Crippen molar-refractivity contribution >= 4 is 22.8 Å². The Morgan fingerprint density at radius 2 is 1.74 bits per heavy atom. The van der Waals surface area contributed by atoms with Gasteiger partial charge in [-0.2, -0.15) is 0 Å². The van der Waals surface area contributed by atoms with Crippen LogP contribution in [0.25, 0.3) is 11.0 Å². The second kappa shape index (κ2) is 9.29. The number of hydrogen-bond donors (Lipinski definition) is 0. The van der Waals surface area contributed by atoms with Gasteiger partial charge in [0.05, 0.1) is 17.6 Å². The Hall–Kier alpha value is -3.22. The van der Waals surface area contributed by atoms with E-state index in [1.807, 2.05) is 40.8 Å². The molecule has 1 aromatic carbocycles. The average Bonchev–Trinajstić information content (AvgIpc) is 3.15. The molecule has 1 fully saturated rings. The summed E-state index contributed by atoms with van der Waals surface area (Å²) >= 11 is 0. The number of imidazole rings is 1. The van der Waals surface area contributed by atoms with Gasteiger partial charge in [0.1, 0.15) is 12.4 Å². The number of likely N-dealkylation sites (N-methyl/N-ethyl adjacent to an activating group) is 1. The summed E-state index contributed by atoms with van der Waals surface area (Å²) in [6, 6.07) is 11.5. The second-order valence-electron chi connectivity index (χ2n) is 8.30. The number of benzene rings is 1. The fourth-order valence-corrected chi connectivity index (χ4v) is 4.34. The molecule has 3 aromatic rings. The Balaban J connectivity index is 1.57. The summed E-state index contributed by atoms with van der Waals surface area (Å²) in [5, 5.41) is 0. The smallest absolute Gasteiger partial charge is 0.254 e. The summed E-state index contributed by atoms with van der Waals surface area (Å²) in [5.74, 6) is 0.683. The molecule has 7 heteroatoms. The fourth-order valence-electron chi connectivity index (χ4n) is 4.34. The molecule has 1 saturated carbocycles. The molecule has 0 unspecified atom stereocenters. The highest BCUT2D eigenvalue weighted by Crippen LogP contribution is 2.23. The Morgan fingerprint density at radius 1 is 1.03 bits per heavy atom. The number of aromatic nitrogens is 3. The van der Waals surface area contributed by atoms with Gasteiger partial charge >= 0.3 is 0 Å². The third-order valence-electron chi connectivity index (χ3n) is 6.20. The highest BCUT2D eigenvalue weighted by atomic mass is 16.2. The minimum absolute atomic E-state index is 0.0828. The van der Waals surface area contributed by atoms with Crippen molar-refractivity contribution in [1.29, 1.82) is 0 Å². The normalized spacial score (nSPS) is 14.5. The van der Waals surface area contributed by atoms with Gasteiger partial charge in [0.25, 0.3) is 5.91 Å². The Labute approximate surface area is 182 Å². The fraction of sp³-hybridized carbons (Fsp3) is 0.417. The van der Waals surface area contributed by atoms with E-state index in [9.17, 15) is 9.59 Å². The number of fused-ring (bicyclic) bond motifs is 1. The summed E-state index contributed by atoms with van der Waals surface area (Å²) in [7, 11) is 3.67. The van der Waals surface area contributed by atoms with Crippen LogP contribution in [0.1, 0.15) is 48.3 Å². The average molecular weight is 420 g/mol. The first-order chi connectivity index (χ1) is 15.0. The van der Waals surface area contributed by atoms with E-state index in [-0.39, 0.29) is 18.4 Å². The lowest BCUT2D eigenvalue weighted by atomic mass is 9.94. The molecule has 0 bridgehead atoms. The largest absolute Gasteiger partial charge is 0.341 e. The zero-order valence-electron chi connectivity index (χ0n) is 18.2. The molecule has 2 heterocycles. The molecule has 0 spiro atoms. The minimum Gasteiger partial charge on any atom is -0.341 e.